The number of carbonyl (C=O) groups excluding carboxylic acids is 1. The normalized spacial score (nSPS) is 11.9. The molecule has 6 heteroatoms. The number of rotatable bonds is 6. The van der Waals surface area contributed by atoms with Crippen LogP contribution in [-0.4, -0.2) is 42.3 Å². The van der Waals surface area contributed by atoms with E-state index >= 15 is 0 Å². The molecule has 0 N–H and O–H groups in total. The summed E-state index contributed by atoms with van der Waals surface area (Å²) in [7, 11) is 1.65. The van der Waals surface area contributed by atoms with Gasteiger partial charge in [0, 0.05) is 21.3 Å². The largest absolute Gasteiger partial charge is 0.539 e. The van der Waals surface area contributed by atoms with Crippen LogP contribution in [0.2, 0.25) is 0 Å². The van der Waals surface area contributed by atoms with E-state index in [0.717, 1.165) is 0 Å². The Kier molecular flexibility index (Phi) is 5.94. The molecular formula is C8H18O5Si. The lowest BCUT2D eigenvalue weighted by molar-refractivity contribution is -0.147. The van der Waals surface area contributed by atoms with Gasteiger partial charge < -0.3 is 18.0 Å². The second kappa shape index (κ2) is 6.13. The number of hydrogen-bond acceptors (Lipinski definition) is 5. The van der Waals surface area contributed by atoms with Gasteiger partial charge in [0.15, 0.2) is 6.23 Å². The molecule has 0 bridgehead atoms. The van der Waals surface area contributed by atoms with Gasteiger partial charge in [-0.3, -0.25) is 4.79 Å². The lowest BCUT2D eigenvalue weighted by Crippen LogP contribution is -2.48. The van der Waals surface area contributed by atoms with Gasteiger partial charge in [-0.25, -0.2) is 0 Å². The summed E-state index contributed by atoms with van der Waals surface area (Å²) >= 11 is 0. The maximum atomic E-state index is 11.2. The van der Waals surface area contributed by atoms with Crippen molar-refractivity contribution in [3.8, 4) is 0 Å². The van der Waals surface area contributed by atoms with Crippen molar-refractivity contribution in [1.82, 2.24) is 0 Å². The van der Waals surface area contributed by atoms with E-state index in [2.05, 4.69) is 0 Å². The average Bonchev–Trinajstić information content (AvgIpc) is 2.20. The monoisotopic (exact) mass is 222 g/mol. The van der Waals surface area contributed by atoms with Crippen molar-refractivity contribution >= 4 is 14.8 Å². The fourth-order valence-corrected chi connectivity index (χ4v) is 1.93. The second-order valence-electron chi connectivity index (χ2n) is 3.06. The van der Waals surface area contributed by atoms with Crippen molar-refractivity contribution in [2.45, 2.75) is 13.8 Å². The third-order valence-corrected chi connectivity index (χ3v) is 4.16. The molecule has 5 nitrogen and oxygen atoms in total. The quantitative estimate of drug-likeness (QED) is 0.486. The van der Waals surface area contributed by atoms with Gasteiger partial charge >= 0.3 is 14.8 Å². The van der Waals surface area contributed by atoms with Crippen molar-refractivity contribution in [2.24, 2.45) is 5.92 Å². The van der Waals surface area contributed by atoms with Crippen LogP contribution in [-0.2, 0) is 22.8 Å². The molecule has 0 amide bonds. The van der Waals surface area contributed by atoms with Gasteiger partial charge in [0.05, 0.1) is 5.92 Å². The fourth-order valence-electron chi connectivity index (χ4n) is 0.753. The van der Waals surface area contributed by atoms with E-state index in [1.165, 1.54) is 21.3 Å². The summed E-state index contributed by atoms with van der Waals surface area (Å²) in [6, 6.07) is 0. The summed E-state index contributed by atoms with van der Waals surface area (Å²) in [5.41, 5.74) is 0. The van der Waals surface area contributed by atoms with Crippen molar-refractivity contribution in [3.05, 3.63) is 0 Å². The molecule has 0 aromatic rings. The molecule has 0 heterocycles. The van der Waals surface area contributed by atoms with Gasteiger partial charge in [0.1, 0.15) is 0 Å². The SMILES string of the molecule is CO[Si](COC(=O)C(C)C)(OC)OC. The Morgan fingerprint density at radius 2 is 1.57 bits per heavy atom. The van der Waals surface area contributed by atoms with Crippen LogP contribution in [0.4, 0.5) is 0 Å². The third-order valence-electron chi connectivity index (χ3n) is 1.80. The zero-order chi connectivity index (χ0) is 11.2. The predicted octanol–water partition coefficient (Wildman–Crippen LogP) is 0.603. The molecule has 0 aliphatic carbocycles. The zero-order valence-electron chi connectivity index (χ0n) is 9.33. The number of esters is 1. The minimum absolute atomic E-state index is 0.0491. The second-order valence-corrected chi connectivity index (χ2v) is 5.94. The molecule has 0 saturated heterocycles. The molecule has 0 spiro atoms. The first-order chi connectivity index (χ1) is 6.51. The first-order valence-electron chi connectivity index (χ1n) is 4.33. The van der Waals surface area contributed by atoms with Crippen LogP contribution in [0.5, 0.6) is 0 Å². The summed E-state index contributed by atoms with van der Waals surface area (Å²) in [5.74, 6) is -0.444. The zero-order valence-corrected chi connectivity index (χ0v) is 10.3. The topological polar surface area (TPSA) is 54.0 Å². The van der Waals surface area contributed by atoms with Crippen molar-refractivity contribution in [3.63, 3.8) is 0 Å². The highest BCUT2D eigenvalue weighted by atomic mass is 28.4. The number of carbonyl (C=O) groups is 1. The standard InChI is InChI=1S/C8H18O5Si/c1-7(2)8(9)13-6-14(10-3,11-4)12-5/h7H,6H2,1-5H3. The van der Waals surface area contributed by atoms with Crippen molar-refractivity contribution in [1.29, 1.82) is 0 Å². The molecular weight excluding hydrogens is 204 g/mol. The lowest BCUT2D eigenvalue weighted by Gasteiger charge is -2.23. The number of ether oxygens (including phenoxy) is 1. The Morgan fingerprint density at radius 3 is 1.86 bits per heavy atom. The van der Waals surface area contributed by atoms with Crippen LogP contribution >= 0.6 is 0 Å². The highest BCUT2D eigenvalue weighted by Crippen LogP contribution is 2.07. The molecule has 0 aliphatic heterocycles. The molecule has 0 rings (SSSR count). The van der Waals surface area contributed by atoms with Crippen molar-refractivity contribution < 1.29 is 22.8 Å². The van der Waals surface area contributed by atoms with E-state index < -0.39 is 8.80 Å². The van der Waals surface area contributed by atoms with Gasteiger partial charge in [-0.1, -0.05) is 13.8 Å². The molecule has 0 aromatic carbocycles. The first kappa shape index (κ1) is 13.6. The molecule has 0 atom stereocenters. The Balaban J connectivity index is 4.12. The van der Waals surface area contributed by atoms with Gasteiger partial charge in [-0.15, -0.1) is 0 Å². The molecule has 0 unspecified atom stereocenters. The maximum absolute atomic E-state index is 11.2. The maximum Gasteiger partial charge on any atom is 0.539 e. The van der Waals surface area contributed by atoms with E-state index in [0.29, 0.717) is 0 Å². The van der Waals surface area contributed by atoms with E-state index in [9.17, 15) is 4.79 Å². The summed E-state index contributed by atoms with van der Waals surface area (Å²) in [4.78, 5) is 11.2. The smallest absolute Gasteiger partial charge is 0.461 e. The summed E-state index contributed by atoms with van der Waals surface area (Å²) < 4.78 is 20.2. The summed E-state index contributed by atoms with van der Waals surface area (Å²) in [6.45, 7) is 3.52. The Hall–Kier alpha value is -0.433. The molecule has 14 heavy (non-hydrogen) atoms. The van der Waals surface area contributed by atoms with Crippen LogP contribution in [0.25, 0.3) is 0 Å². The van der Waals surface area contributed by atoms with Crippen LogP contribution in [0.3, 0.4) is 0 Å². The van der Waals surface area contributed by atoms with Crippen LogP contribution in [0, 0.1) is 5.92 Å². The van der Waals surface area contributed by atoms with Gasteiger partial charge in [0.2, 0.25) is 0 Å². The highest BCUT2D eigenvalue weighted by Gasteiger charge is 2.40. The summed E-state index contributed by atoms with van der Waals surface area (Å²) in [6.07, 6.45) is 0.0491. The highest BCUT2D eigenvalue weighted by molar-refractivity contribution is 6.60. The summed E-state index contributed by atoms with van der Waals surface area (Å²) in [5, 5.41) is 0. The molecule has 0 radical (unpaired) electrons. The molecule has 84 valence electrons. The van der Waals surface area contributed by atoms with E-state index in [4.69, 9.17) is 18.0 Å². The van der Waals surface area contributed by atoms with Crippen molar-refractivity contribution in [2.75, 3.05) is 27.6 Å². The van der Waals surface area contributed by atoms with Gasteiger partial charge in [-0.2, -0.15) is 0 Å². The molecule has 0 aromatic heterocycles. The number of hydrogen-bond donors (Lipinski definition) is 0. The third kappa shape index (κ3) is 3.75. The van der Waals surface area contributed by atoms with Gasteiger partial charge in [-0.05, 0) is 0 Å². The van der Waals surface area contributed by atoms with Crippen LogP contribution < -0.4 is 0 Å². The minimum atomic E-state index is -2.77. The fraction of sp³-hybridized carbons (Fsp3) is 0.875. The average molecular weight is 222 g/mol. The van der Waals surface area contributed by atoms with Gasteiger partial charge in [0.25, 0.3) is 0 Å². The first-order valence-corrected chi connectivity index (χ1v) is 6.26. The molecule has 0 fully saturated rings. The van der Waals surface area contributed by atoms with E-state index in [-0.39, 0.29) is 18.1 Å². The molecule has 0 saturated carbocycles. The molecule has 0 aliphatic rings. The van der Waals surface area contributed by atoms with Crippen LogP contribution in [0.15, 0.2) is 0 Å². The minimum Gasteiger partial charge on any atom is -0.461 e. The Morgan fingerprint density at radius 1 is 1.14 bits per heavy atom. The predicted molar refractivity (Wildman–Crippen MR) is 52.6 cm³/mol. The lowest BCUT2D eigenvalue weighted by atomic mass is 10.2. The van der Waals surface area contributed by atoms with E-state index in [1.54, 1.807) is 13.8 Å². The Bertz CT molecular complexity index is 170. The van der Waals surface area contributed by atoms with E-state index in [1.807, 2.05) is 0 Å². The Labute approximate surface area is 85.7 Å². The van der Waals surface area contributed by atoms with Crippen LogP contribution in [0.1, 0.15) is 13.8 Å².